The van der Waals surface area contributed by atoms with E-state index >= 15 is 0 Å². The molecule has 1 amide bonds. The molecule has 4 rings (SSSR count). The number of amides is 1. The van der Waals surface area contributed by atoms with E-state index in [1.807, 2.05) is 48.5 Å². The van der Waals surface area contributed by atoms with Gasteiger partial charge in [0, 0.05) is 5.92 Å². The Balaban J connectivity index is 1.59. The van der Waals surface area contributed by atoms with Gasteiger partial charge in [0.15, 0.2) is 12.3 Å². The zero-order valence-electron chi connectivity index (χ0n) is 13.0. The summed E-state index contributed by atoms with van der Waals surface area (Å²) in [5.74, 6) is 0.0877. The minimum absolute atomic E-state index is 0.0679. The van der Waals surface area contributed by atoms with Crippen LogP contribution in [0.15, 0.2) is 60.7 Å². The zero-order valence-corrected chi connectivity index (χ0v) is 13.0. The molecular formula is C19H19NO3. The normalized spacial score (nSPS) is 27.6. The number of hydrogen-bond donors (Lipinski definition) is 0. The van der Waals surface area contributed by atoms with Crippen LogP contribution in [0.5, 0.6) is 0 Å². The van der Waals surface area contributed by atoms with Crippen LogP contribution in [0.25, 0.3) is 0 Å². The van der Waals surface area contributed by atoms with Gasteiger partial charge in [-0.2, -0.15) is 0 Å². The van der Waals surface area contributed by atoms with Crippen LogP contribution in [0, 0.1) is 0 Å². The standard InChI is InChI=1S/C19H19NO3/c1-13(14-8-4-2-5-9-14)17-18-20(19(21)23-17)16(12-22-18)15-10-6-3-7-11-15/h2-11,13,16-18H,12H2,1H3/t13-,16+,17-,18-/m1/s1. The van der Waals surface area contributed by atoms with Crippen molar-refractivity contribution in [1.29, 1.82) is 0 Å². The quantitative estimate of drug-likeness (QED) is 0.867. The maximum absolute atomic E-state index is 12.4. The Bertz CT molecular complexity index is 688. The summed E-state index contributed by atoms with van der Waals surface area (Å²) in [6.45, 7) is 2.60. The van der Waals surface area contributed by atoms with Gasteiger partial charge in [-0.25, -0.2) is 4.79 Å². The molecule has 0 aliphatic carbocycles. The van der Waals surface area contributed by atoms with Crippen molar-refractivity contribution in [3.05, 3.63) is 71.8 Å². The van der Waals surface area contributed by atoms with E-state index in [1.54, 1.807) is 4.90 Å². The molecule has 2 aliphatic rings. The van der Waals surface area contributed by atoms with Crippen molar-refractivity contribution in [3.63, 3.8) is 0 Å². The van der Waals surface area contributed by atoms with Crippen molar-refractivity contribution in [2.45, 2.75) is 31.2 Å². The number of carbonyl (C=O) groups is 1. The van der Waals surface area contributed by atoms with E-state index in [-0.39, 0.29) is 30.4 Å². The SMILES string of the molecule is C[C@H](c1ccccc1)[C@H]1OC(=O)N2[C@@H]1OC[C@H]2c1ccccc1. The number of ether oxygens (including phenoxy) is 2. The first-order chi connectivity index (χ1) is 11.3. The van der Waals surface area contributed by atoms with Crippen molar-refractivity contribution in [3.8, 4) is 0 Å². The molecule has 0 saturated carbocycles. The summed E-state index contributed by atoms with van der Waals surface area (Å²) in [6, 6.07) is 20.0. The molecule has 0 spiro atoms. The molecule has 2 aromatic rings. The molecule has 2 aliphatic heterocycles. The summed E-state index contributed by atoms with van der Waals surface area (Å²) in [5, 5.41) is 0. The van der Waals surface area contributed by atoms with Crippen LogP contribution in [0.2, 0.25) is 0 Å². The lowest BCUT2D eigenvalue weighted by molar-refractivity contribution is -0.000313. The van der Waals surface area contributed by atoms with Crippen molar-refractivity contribution in [2.75, 3.05) is 6.61 Å². The number of rotatable bonds is 3. The molecule has 118 valence electrons. The molecule has 0 unspecified atom stereocenters. The van der Waals surface area contributed by atoms with Crippen molar-refractivity contribution in [2.24, 2.45) is 0 Å². The van der Waals surface area contributed by atoms with E-state index in [1.165, 1.54) is 0 Å². The predicted molar refractivity (Wildman–Crippen MR) is 85.9 cm³/mol. The van der Waals surface area contributed by atoms with E-state index in [9.17, 15) is 4.79 Å². The van der Waals surface area contributed by atoms with E-state index in [0.29, 0.717) is 6.61 Å². The van der Waals surface area contributed by atoms with E-state index in [2.05, 4.69) is 19.1 Å². The van der Waals surface area contributed by atoms with Gasteiger partial charge in [-0.05, 0) is 11.1 Å². The Morgan fingerprint density at radius 2 is 1.70 bits per heavy atom. The van der Waals surface area contributed by atoms with Gasteiger partial charge in [0.25, 0.3) is 0 Å². The predicted octanol–water partition coefficient (Wildman–Crippen LogP) is 3.71. The Morgan fingerprint density at radius 1 is 1.04 bits per heavy atom. The van der Waals surface area contributed by atoms with E-state index < -0.39 is 0 Å². The van der Waals surface area contributed by atoms with Crippen LogP contribution in [0.3, 0.4) is 0 Å². The van der Waals surface area contributed by atoms with Crippen LogP contribution >= 0.6 is 0 Å². The zero-order chi connectivity index (χ0) is 15.8. The highest BCUT2D eigenvalue weighted by Gasteiger charge is 2.52. The molecule has 2 fully saturated rings. The second kappa shape index (κ2) is 5.70. The molecule has 0 radical (unpaired) electrons. The summed E-state index contributed by atoms with van der Waals surface area (Å²) in [6.07, 6.45) is -0.879. The summed E-state index contributed by atoms with van der Waals surface area (Å²) in [7, 11) is 0. The largest absolute Gasteiger partial charge is 0.441 e. The van der Waals surface area contributed by atoms with Gasteiger partial charge in [0.05, 0.1) is 12.6 Å². The van der Waals surface area contributed by atoms with Gasteiger partial charge >= 0.3 is 6.09 Å². The maximum atomic E-state index is 12.4. The fourth-order valence-electron chi connectivity index (χ4n) is 3.47. The Hall–Kier alpha value is -2.33. The molecule has 0 bridgehead atoms. The molecule has 23 heavy (non-hydrogen) atoms. The maximum Gasteiger partial charge on any atom is 0.413 e. The lowest BCUT2D eigenvalue weighted by atomic mass is 9.94. The molecule has 0 aromatic heterocycles. The number of cyclic esters (lactones) is 1. The van der Waals surface area contributed by atoms with Gasteiger partial charge in [0.2, 0.25) is 0 Å². The van der Waals surface area contributed by atoms with E-state index in [0.717, 1.165) is 11.1 Å². The molecule has 2 aromatic carbocycles. The van der Waals surface area contributed by atoms with Crippen LogP contribution in [0.1, 0.15) is 30.0 Å². The fourth-order valence-corrected chi connectivity index (χ4v) is 3.47. The van der Waals surface area contributed by atoms with Gasteiger partial charge in [-0.15, -0.1) is 0 Å². The van der Waals surface area contributed by atoms with Gasteiger partial charge in [0.1, 0.15) is 0 Å². The van der Waals surface area contributed by atoms with Crippen LogP contribution in [-0.4, -0.2) is 29.9 Å². The van der Waals surface area contributed by atoms with Crippen LogP contribution in [-0.2, 0) is 9.47 Å². The van der Waals surface area contributed by atoms with Gasteiger partial charge in [-0.1, -0.05) is 67.6 Å². The fraction of sp³-hybridized carbons (Fsp3) is 0.316. The van der Waals surface area contributed by atoms with Crippen molar-refractivity contribution in [1.82, 2.24) is 4.90 Å². The first kappa shape index (κ1) is 14.3. The Kier molecular flexibility index (Phi) is 3.54. The number of carbonyl (C=O) groups excluding carboxylic acids is 1. The smallest absolute Gasteiger partial charge is 0.413 e. The first-order valence-corrected chi connectivity index (χ1v) is 7.96. The van der Waals surface area contributed by atoms with Crippen LogP contribution in [0.4, 0.5) is 4.79 Å². The number of hydrogen-bond acceptors (Lipinski definition) is 3. The Labute approximate surface area is 135 Å². The highest BCUT2D eigenvalue weighted by Crippen LogP contribution is 2.41. The number of fused-ring (bicyclic) bond motifs is 1. The third kappa shape index (κ3) is 2.39. The molecular weight excluding hydrogens is 290 g/mol. The average Bonchev–Trinajstić information content (AvgIpc) is 3.17. The third-order valence-corrected chi connectivity index (χ3v) is 4.77. The molecule has 0 N–H and O–H groups in total. The van der Waals surface area contributed by atoms with Crippen LogP contribution < -0.4 is 0 Å². The van der Waals surface area contributed by atoms with Gasteiger partial charge in [-0.3, -0.25) is 4.90 Å². The molecule has 4 nitrogen and oxygen atoms in total. The van der Waals surface area contributed by atoms with E-state index in [4.69, 9.17) is 9.47 Å². The lowest BCUT2D eigenvalue weighted by Crippen LogP contribution is -2.35. The minimum atomic E-state index is -0.317. The summed E-state index contributed by atoms with van der Waals surface area (Å²) in [5.41, 5.74) is 2.24. The topological polar surface area (TPSA) is 38.8 Å². The minimum Gasteiger partial charge on any atom is -0.441 e. The molecule has 2 saturated heterocycles. The third-order valence-electron chi connectivity index (χ3n) is 4.77. The summed E-state index contributed by atoms with van der Waals surface area (Å²) in [4.78, 5) is 14.2. The second-order valence-electron chi connectivity index (χ2n) is 6.11. The highest BCUT2D eigenvalue weighted by molar-refractivity contribution is 5.72. The number of benzene rings is 2. The van der Waals surface area contributed by atoms with Crippen molar-refractivity contribution >= 4 is 6.09 Å². The number of nitrogens with zero attached hydrogens (tertiary/aromatic N) is 1. The second-order valence-corrected chi connectivity index (χ2v) is 6.11. The molecule has 4 heteroatoms. The molecule has 2 heterocycles. The monoisotopic (exact) mass is 309 g/mol. The average molecular weight is 309 g/mol. The summed E-state index contributed by atoms with van der Waals surface area (Å²) >= 11 is 0. The summed E-state index contributed by atoms with van der Waals surface area (Å²) < 4.78 is 11.6. The first-order valence-electron chi connectivity index (χ1n) is 7.96. The lowest BCUT2D eigenvalue weighted by Gasteiger charge is -2.23. The van der Waals surface area contributed by atoms with Gasteiger partial charge < -0.3 is 9.47 Å². The molecule has 4 atom stereocenters. The van der Waals surface area contributed by atoms with Crippen molar-refractivity contribution < 1.29 is 14.3 Å². The Morgan fingerprint density at radius 3 is 2.39 bits per heavy atom. The highest BCUT2D eigenvalue weighted by atomic mass is 16.6.